The highest BCUT2D eigenvalue weighted by molar-refractivity contribution is 5.58. The molecule has 5 heteroatoms. The molecule has 0 aliphatic rings. The molecule has 0 radical (unpaired) electrons. The number of aromatic nitrogens is 2. The number of nitrogen functional groups attached to an aromatic ring is 1. The molecule has 1 aromatic carbocycles. The summed E-state index contributed by atoms with van der Waals surface area (Å²) in [5, 5.41) is 0. The summed E-state index contributed by atoms with van der Waals surface area (Å²) in [6.45, 7) is 4.31. The van der Waals surface area contributed by atoms with E-state index in [1.807, 2.05) is 30.3 Å². The van der Waals surface area contributed by atoms with Gasteiger partial charge < -0.3 is 10.2 Å². The average Bonchev–Trinajstić information content (AvgIpc) is 2.46. The van der Waals surface area contributed by atoms with Gasteiger partial charge in [0.2, 0.25) is 0 Å². The minimum Gasteiger partial charge on any atom is -0.497 e. The van der Waals surface area contributed by atoms with Crippen LogP contribution in [0.4, 0.5) is 5.82 Å². The number of hydrazine groups is 1. The van der Waals surface area contributed by atoms with E-state index in [4.69, 9.17) is 10.6 Å². The SMILES string of the molecule is COc1ccc(-c2nc(CC(C)C)cc(NN)n2)cc1. The summed E-state index contributed by atoms with van der Waals surface area (Å²) < 4.78 is 5.15. The molecule has 0 spiro atoms. The van der Waals surface area contributed by atoms with Crippen molar-refractivity contribution in [1.29, 1.82) is 0 Å². The Morgan fingerprint density at radius 2 is 1.90 bits per heavy atom. The number of anilines is 1. The van der Waals surface area contributed by atoms with E-state index in [-0.39, 0.29) is 0 Å². The molecule has 5 nitrogen and oxygen atoms in total. The predicted molar refractivity (Wildman–Crippen MR) is 80.4 cm³/mol. The lowest BCUT2D eigenvalue weighted by atomic mass is 10.1. The van der Waals surface area contributed by atoms with Crippen LogP contribution in [0.3, 0.4) is 0 Å². The van der Waals surface area contributed by atoms with Crippen molar-refractivity contribution in [3.8, 4) is 17.1 Å². The fraction of sp³-hybridized carbons (Fsp3) is 0.333. The van der Waals surface area contributed by atoms with Gasteiger partial charge in [-0.2, -0.15) is 0 Å². The molecule has 0 saturated heterocycles. The van der Waals surface area contributed by atoms with E-state index in [2.05, 4.69) is 29.2 Å². The van der Waals surface area contributed by atoms with Gasteiger partial charge in [0, 0.05) is 17.3 Å². The molecular weight excluding hydrogens is 252 g/mol. The zero-order chi connectivity index (χ0) is 14.5. The Labute approximate surface area is 119 Å². The van der Waals surface area contributed by atoms with Gasteiger partial charge in [-0.05, 0) is 36.6 Å². The molecule has 0 amide bonds. The molecule has 0 unspecified atom stereocenters. The highest BCUT2D eigenvalue weighted by Crippen LogP contribution is 2.21. The van der Waals surface area contributed by atoms with Gasteiger partial charge in [0.1, 0.15) is 11.6 Å². The third kappa shape index (κ3) is 3.45. The fourth-order valence-corrected chi connectivity index (χ4v) is 1.96. The predicted octanol–water partition coefficient (Wildman–Crippen LogP) is 2.64. The monoisotopic (exact) mass is 272 g/mol. The lowest BCUT2D eigenvalue weighted by molar-refractivity contribution is 0.415. The fourth-order valence-electron chi connectivity index (χ4n) is 1.96. The molecule has 0 bridgehead atoms. The van der Waals surface area contributed by atoms with E-state index < -0.39 is 0 Å². The summed E-state index contributed by atoms with van der Waals surface area (Å²) in [5.74, 6) is 8.11. The van der Waals surface area contributed by atoms with Crippen LogP contribution in [-0.2, 0) is 6.42 Å². The first kappa shape index (κ1) is 14.3. The van der Waals surface area contributed by atoms with Crippen molar-refractivity contribution in [2.45, 2.75) is 20.3 Å². The molecule has 2 rings (SSSR count). The van der Waals surface area contributed by atoms with Gasteiger partial charge in [-0.3, -0.25) is 0 Å². The Balaban J connectivity index is 2.38. The summed E-state index contributed by atoms with van der Waals surface area (Å²) in [7, 11) is 1.64. The second-order valence-corrected chi connectivity index (χ2v) is 5.04. The molecule has 106 valence electrons. The lowest BCUT2D eigenvalue weighted by Crippen LogP contribution is -2.11. The molecule has 3 N–H and O–H groups in total. The van der Waals surface area contributed by atoms with E-state index in [9.17, 15) is 0 Å². The average molecular weight is 272 g/mol. The third-order valence-electron chi connectivity index (χ3n) is 2.89. The summed E-state index contributed by atoms with van der Waals surface area (Å²) in [6.07, 6.45) is 0.889. The van der Waals surface area contributed by atoms with E-state index in [0.717, 1.165) is 23.4 Å². The molecule has 1 heterocycles. The standard InChI is InChI=1S/C15H20N4O/c1-10(2)8-12-9-14(19-16)18-15(17-12)11-4-6-13(20-3)7-5-11/h4-7,9-10H,8,16H2,1-3H3,(H,17,18,19). The number of rotatable bonds is 5. The molecule has 0 saturated carbocycles. The number of benzene rings is 1. The molecule has 1 aromatic heterocycles. The topological polar surface area (TPSA) is 73.1 Å². The number of nitrogens with zero attached hydrogens (tertiary/aromatic N) is 2. The second kappa shape index (κ2) is 6.34. The van der Waals surface area contributed by atoms with Crippen LogP contribution in [0.1, 0.15) is 19.5 Å². The Morgan fingerprint density at radius 3 is 2.45 bits per heavy atom. The number of methoxy groups -OCH3 is 1. The quantitative estimate of drug-likeness (QED) is 0.646. The van der Waals surface area contributed by atoms with Gasteiger partial charge in [-0.1, -0.05) is 13.8 Å². The van der Waals surface area contributed by atoms with Crippen LogP contribution in [0, 0.1) is 5.92 Å². The number of nitrogens with two attached hydrogens (primary N) is 1. The second-order valence-electron chi connectivity index (χ2n) is 5.04. The summed E-state index contributed by atoms with van der Waals surface area (Å²) in [5.41, 5.74) is 4.52. The van der Waals surface area contributed by atoms with E-state index >= 15 is 0 Å². The maximum Gasteiger partial charge on any atom is 0.161 e. The number of hydrogen-bond acceptors (Lipinski definition) is 5. The summed E-state index contributed by atoms with van der Waals surface area (Å²) >= 11 is 0. The number of ether oxygens (including phenoxy) is 1. The van der Waals surface area contributed by atoms with Crippen LogP contribution in [0.5, 0.6) is 5.75 Å². The largest absolute Gasteiger partial charge is 0.497 e. The first-order valence-corrected chi connectivity index (χ1v) is 6.61. The summed E-state index contributed by atoms with van der Waals surface area (Å²) in [4.78, 5) is 9.00. The van der Waals surface area contributed by atoms with Crippen molar-refractivity contribution < 1.29 is 4.74 Å². The highest BCUT2D eigenvalue weighted by Gasteiger charge is 2.08. The minimum atomic E-state index is 0.527. The Morgan fingerprint density at radius 1 is 1.20 bits per heavy atom. The van der Waals surface area contributed by atoms with Gasteiger partial charge in [-0.25, -0.2) is 15.8 Å². The van der Waals surface area contributed by atoms with Crippen LogP contribution < -0.4 is 16.0 Å². The first-order valence-electron chi connectivity index (χ1n) is 6.61. The molecule has 0 aliphatic carbocycles. The Bertz CT molecular complexity index is 567. The van der Waals surface area contributed by atoms with Gasteiger partial charge in [-0.15, -0.1) is 0 Å². The molecular formula is C15H20N4O. The van der Waals surface area contributed by atoms with E-state index in [1.165, 1.54) is 0 Å². The molecule has 0 atom stereocenters. The van der Waals surface area contributed by atoms with Crippen molar-refractivity contribution in [3.63, 3.8) is 0 Å². The zero-order valence-electron chi connectivity index (χ0n) is 12.1. The normalized spacial score (nSPS) is 10.7. The van der Waals surface area contributed by atoms with E-state index in [0.29, 0.717) is 17.6 Å². The zero-order valence-corrected chi connectivity index (χ0v) is 12.1. The Kier molecular flexibility index (Phi) is 4.53. The maximum atomic E-state index is 5.48. The van der Waals surface area contributed by atoms with Gasteiger partial charge in [0.05, 0.1) is 7.11 Å². The number of hydrogen-bond donors (Lipinski definition) is 2. The third-order valence-corrected chi connectivity index (χ3v) is 2.89. The Hall–Kier alpha value is -2.14. The lowest BCUT2D eigenvalue weighted by Gasteiger charge is -2.09. The molecule has 0 fully saturated rings. The van der Waals surface area contributed by atoms with Crippen molar-refractivity contribution in [1.82, 2.24) is 9.97 Å². The highest BCUT2D eigenvalue weighted by atomic mass is 16.5. The van der Waals surface area contributed by atoms with Crippen LogP contribution in [0.2, 0.25) is 0 Å². The maximum absolute atomic E-state index is 5.48. The first-order chi connectivity index (χ1) is 9.62. The van der Waals surface area contributed by atoms with Crippen LogP contribution in [-0.4, -0.2) is 17.1 Å². The van der Waals surface area contributed by atoms with Crippen LogP contribution in [0.25, 0.3) is 11.4 Å². The van der Waals surface area contributed by atoms with E-state index in [1.54, 1.807) is 7.11 Å². The molecule has 0 aliphatic heterocycles. The van der Waals surface area contributed by atoms with Crippen LogP contribution in [0.15, 0.2) is 30.3 Å². The summed E-state index contributed by atoms with van der Waals surface area (Å²) in [6, 6.07) is 9.54. The van der Waals surface area contributed by atoms with Crippen molar-refractivity contribution in [2.75, 3.05) is 12.5 Å². The van der Waals surface area contributed by atoms with Crippen LogP contribution >= 0.6 is 0 Å². The number of nitrogens with one attached hydrogen (secondary N) is 1. The molecule has 2 aromatic rings. The minimum absolute atomic E-state index is 0.527. The van der Waals surface area contributed by atoms with Gasteiger partial charge in [0.15, 0.2) is 5.82 Å². The van der Waals surface area contributed by atoms with Gasteiger partial charge >= 0.3 is 0 Å². The smallest absolute Gasteiger partial charge is 0.161 e. The van der Waals surface area contributed by atoms with Crippen molar-refractivity contribution in [2.24, 2.45) is 11.8 Å². The molecule has 20 heavy (non-hydrogen) atoms. The van der Waals surface area contributed by atoms with Crippen molar-refractivity contribution >= 4 is 5.82 Å². The van der Waals surface area contributed by atoms with Gasteiger partial charge in [0.25, 0.3) is 0 Å². The van der Waals surface area contributed by atoms with Crippen molar-refractivity contribution in [3.05, 3.63) is 36.0 Å².